The molecule has 22 heavy (non-hydrogen) atoms. The molecule has 2 aliphatic rings. The van der Waals surface area contributed by atoms with Gasteiger partial charge in [-0.05, 0) is 35.6 Å². The van der Waals surface area contributed by atoms with E-state index >= 15 is 0 Å². The van der Waals surface area contributed by atoms with Crippen molar-refractivity contribution in [2.45, 2.75) is 18.4 Å². The maximum absolute atomic E-state index is 6.46. The maximum atomic E-state index is 6.46. The van der Waals surface area contributed by atoms with E-state index in [-0.39, 0.29) is 6.04 Å². The molecular weight excluding hydrogens is 294 g/mol. The Kier molecular flexibility index (Phi) is 3.34. The fraction of sp³-hybridized carbons (Fsp3) is 0.263. The third-order valence-electron chi connectivity index (χ3n) is 4.82. The molecule has 1 heterocycles. The number of fused-ring (bicyclic) bond motifs is 3. The summed E-state index contributed by atoms with van der Waals surface area (Å²) in [4.78, 5) is 0. The summed E-state index contributed by atoms with van der Waals surface area (Å²) < 4.78 is 5.56. The van der Waals surface area contributed by atoms with Crippen LogP contribution in [0, 0.1) is 5.92 Å². The molecule has 0 fully saturated rings. The van der Waals surface area contributed by atoms with Crippen LogP contribution in [-0.4, -0.2) is 7.11 Å². The number of rotatable bonds is 2. The maximum Gasteiger partial charge on any atom is 0.142 e. The fourth-order valence-corrected chi connectivity index (χ4v) is 4.05. The van der Waals surface area contributed by atoms with Crippen LogP contribution in [0.15, 0.2) is 54.6 Å². The minimum atomic E-state index is 0.206. The molecule has 2 aromatic rings. The van der Waals surface area contributed by atoms with Crippen molar-refractivity contribution in [2.75, 3.05) is 12.4 Å². The molecule has 1 N–H and O–H groups in total. The predicted molar refractivity (Wildman–Crippen MR) is 90.8 cm³/mol. The van der Waals surface area contributed by atoms with Crippen molar-refractivity contribution in [1.82, 2.24) is 0 Å². The summed E-state index contributed by atoms with van der Waals surface area (Å²) in [6.07, 6.45) is 5.69. The van der Waals surface area contributed by atoms with Crippen molar-refractivity contribution in [2.24, 2.45) is 5.92 Å². The molecule has 0 spiro atoms. The second-order valence-corrected chi connectivity index (χ2v) is 6.33. The molecule has 2 nitrogen and oxygen atoms in total. The molecule has 0 aromatic heterocycles. The summed E-state index contributed by atoms with van der Waals surface area (Å²) in [7, 11) is 1.72. The number of hydrogen-bond donors (Lipinski definition) is 1. The number of ether oxygens (including phenoxy) is 1. The van der Waals surface area contributed by atoms with Crippen molar-refractivity contribution in [3.63, 3.8) is 0 Å². The molecule has 0 saturated heterocycles. The van der Waals surface area contributed by atoms with E-state index in [1.165, 1.54) is 11.1 Å². The molecule has 0 bridgehead atoms. The highest BCUT2D eigenvalue weighted by Gasteiger charge is 2.39. The average Bonchev–Trinajstić information content (AvgIpc) is 3.04. The Morgan fingerprint density at radius 1 is 1.09 bits per heavy atom. The van der Waals surface area contributed by atoms with Crippen LogP contribution in [0.1, 0.15) is 29.5 Å². The molecule has 3 heteroatoms. The van der Waals surface area contributed by atoms with Gasteiger partial charge in [-0.2, -0.15) is 0 Å². The number of anilines is 1. The van der Waals surface area contributed by atoms with Crippen LogP contribution in [-0.2, 0) is 0 Å². The Hall–Kier alpha value is -1.93. The number of benzene rings is 2. The minimum Gasteiger partial charge on any atom is -0.495 e. The van der Waals surface area contributed by atoms with Gasteiger partial charge in [0.1, 0.15) is 5.75 Å². The van der Waals surface area contributed by atoms with E-state index in [4.69, 9.17) is 16.3 Å². The fourth-order valence-electron chi connectivity index (χ4n) is 3.80. The molecule has 2 aromatic carbocycles. The van der Waals surface area contributed by atoms with Gasteiger partial charge in [-0.25, -0.2) is 0 Å². The minimum absolute atomic E-state index is 0.206. The summed E-state index contributed by atoms with van der Waals surface area (Å²) >= 11 is 6.46. The van der Waals surface area contributed by atoms with E-state index in [1.54, 1.807) is 7.11 Å². The molecule has 112 valence electrons. The molecule has 1 aliphatic carbocycles. The number of allylic oxidation sites excluding steroid dienone is 2. The Bertz CT molecular complexity index is 740. The Morgan fingerprint density at radius 2 is 1.91 bits per heavy atom. The predicted octanol–water partition coefficient (Wildman–Crippen LogP) is 5.18. The Balaban J connectivity index is 1.85. The second-order valence-electron chi connectivity index (χ2n) is 5.92. The smallest absolute Gasteiger partial charge is 0.142 e. The Morgan fingerprint density at radius 3 is 2.73 bits per heavy atom. The first kappa shape index (κ1) is 13.7. The van der Waals surface area contributed by atoms with Gasteiger partial charge >= 0.3 is 0 Å². The number of halogens is 1. The van der Waals surface area contributed by atoms with Crippen LogP contribution in [0.3, 0.4) is 0 Å². The summed E-state index contributed by atoms with van der Waals surface area (Å²) in [5.41, 5.74) is 3.59. The Labute approximate surface area is 135 Å². The normalized spacial score (nSPS) is 25.3. The molecule has 0 amide bonds. The first-order valence-electron chi connectivity index (χ1n) is 7.64. The van der Waals surface area contributed by atoms with Gasteiger partial charge in [0.25, 0.3) is 0 Å². The van der Waals surface area contributed by atoms with Crippen LogP contribution >= 0.6 is 11.6 Å². The SMILES string of the molecule is COc1cccc2c1N[C@@H](c1ccccc1Cl)[C@H]1CC=C[C@H]21. The zero-order valence-corrected chi connectivity index (χ0v) is 13.2. The van der Waals surface area contributed by atoms with Crippen molar-refractivity contribution in [3.8, 4) is 5.75 Å². The third-order valence-corrected chi connectivity index (χ3v) is 5.16. The lowest BCUT2D eigenvalue weighted by Crippen LogP contribution is -2.29. The first-order chi connectivity index (χ1) is 10.8. The van der Waals surface area contributed by atoms with Crippen molar-refractivity contribution >= 4 is 17.3 Å². The highest BCUT2D eigenvalue weighted by molar-refractivity contribution is 6.31. The molecule has 0 radical (unpaired) electrons. The average molecular weight is 312 g/mol. The second kappa shape index (κ2) is 5.36. The zero-order valence-electron chi connectivity index (χ0n) is 12.4. The number of nitrogens with one attached hydrogen (secondary N) is 1. The van der Waals surface area contributed by atoms with Crippen LogP contribution in [0.25, 0.3) is 0 Å². The number of para-hydroxylation sites is 1. The van der Waals surface area contributed by atoms with Crippen molar-refractivity contribution in [3.05, 3.63) is 70.8 Å². The number of hydrogen-bond acceptors (Lipinski definition) is 2. The highest BCUT2D eigenvalue weighted by Crippen LogP contribution is 2.52. The van der Waals surface area contributed by atoms with Crippen molar-refractivity contribution < 1.29 is 4.74 Å². The first-order valence-corrected chi connectivity index (χ1v) is 8.02. The van der Waals surface area contributed by atoms with Gasteiger partial charge in [0.15, 0.2) is 0 Å². The van der Waals surface area contributed by atoms with Crippen LogP contribution in [0.4, 0.5) is 5.69 Å². The van der Waals surface area contributed by atoms with Gasteiger partial charge in [-0.1, -0.05) is 54.1 Å². The lowest BCUT2D eigenvalue weighted by molar-refractivity contribution is 0.397. The van der Waals surface area contributed by atoms with Gasteiger partial charge in [0.05, 0.1) is 18.8 Å². The lowest BCUT2D eigenvalue weighted by Gasteiger charge is -2.38. The van der Waals surface area contributed by atoms with E-state index in [0.29, 0.717) is 11.8 Å². The molecular formula is C19H18ClNO. The van der Waals surface area contributed by atoms with E-state index in [1.807, 2.05) is 18.2 Å². The van der Waals surface area contributed by atoms with Crippen molar-refractivity contribution in [1.29, 1.82) is 0 Å². The van der Waals surface area contributed by atoms with Gasteiger partial charge in [0, 0.05) is 10.9 Å². The van der Waals surface area contributed by atoms with E-state index in [9.17, 15) is 0 Å². The number of methoxy groups -OCH3 is 1. The lowest BCUT2D eigenvalue weighted by atomic mass is 9.77. The third kappa shape index (κ3) is 2.02. The van der Waals surface area contributed by atoms with E-state index in [0.717, 1.165) is 22.9 Å². The van der Waals surface area contributed by atoms with Gasteiger partial charge in [-0.3, -0.25) is 0 Å². The summed E-state index contributed by atoms with van der Waals surface area (Å²) in [6, 6.07) is 14.6. The topological polar surface area (TPSA) is 21.3 Å². The van der Waals surface area contributed by atoms with Gasteiger partial charge in [-0.15, -0.1) is 0 Å². The highest BCUT2D eigenvalue weighted by atomic mass is 35.5. The van der Waals surface area contributed by atoms with E-state index in [2.05, 4.69) is 41.7 Å². The monoisotopic (exact) mass is 311 g/mol. The summed E-state index contributed by atoms with van der Waals surface area (Å²) in [6.45, 7) is 0. The zero-order chi connectivity index (χ0) is 15.1. The largest absolute Gasteiger partial charge is 0.495 e. The summed E-state index contributed by atoms with van der Waals surface area (Å²) in [5.74, 6) is 1.82. The van der Waals surface area contributed by atoms with Gasteiger partial charge < -0.3 is 10.1 Å². The van der Waals surface area contributed by atoms with Crippen LogP contribution < -0.4 is 10.1 Å². The summed E-state index contributed by atoms with van der Waals surface area (Å²) in [5, 5.41) is 4.52. The standard InChI is InChI=1S/C19H18ClNO/c1-22-17-11-5-9-14-12-7-4-8-13(12)18(21-19(14)17)15-6-2-3-10-16(15)20/h2-7,9-13,18,21H,8H2,1H3/t12-,13-,18+/m0/s1. The van der Waals surface area contributed by atoms with Crippen LogP contribution in [0.2, 0.25) is 5.02 Å². The molecule has 3 atom stereocenters. The molecule has 0 unspecified atom stereocenters. The molecule has 1 aliphatic heterocycles. The molecule has 4 rings (SSSR count). The molecule has 0 saturated carbocycles. The van der Waals surface area contributed by atoms with E-state index < -0.39 is 0 Å². The van der Waals surface area contributed by atoms with Gasteiger partial charge in [0.2, 0.25) is 0 Å². The quantitative estimate of drug-likeness (QED) is 0.772. The van der Waals surface area contributed by atoms with Crippen LogP contribution in [0.5, 0.6) is 5.75 Å².